The molecule has 20 heavy (non-hydrogen) atoms. The summed E-state index contributed by atoms with van der Waals surface area (Å²) in [7, 11) is 0. The molecule has 2 aliphatic heterocycles. The molecule has 1 N–H and O–H groups in total. The lowest BCUT2D eigenvalue weighted by Crippen LogP contribution is -2.38. The van der Waals surface area contributed by atoms with Crippen molar-refractivity contribution >= 4 is 27.8 Å². The van der Waals surface area contributed by atoms with Crippen LogP contribution in [0.5, 0.6) is 0 Å². The molecule has 0 aliphatic carbocycles. The first-order chi connectivity index (χ1) is 9.56. The fourth-order valence-corrected chi connectivity index (χ4v) is 4.00. The van der Waals surface area contributed by atoms with Crippen molar-refractivity contribution in [2.45, 2.75) is 37.8 Å². The molecule has 1 amide bonds. The third kappa shape index (κ3) is 2.35. The summed E-state index contributed by atoms with van der Waals surface area (Å²) in [4.78, 5) is 25.5. The van der Waals surface area contributed by atoms with Crippen LogP contribution in [0.1, 0.15) is 24.8 Å². The maximum atomic E-state index is 12.5. The number of rotatable bonds is 3. The van der Waals surface area contributed by atoms with Crippen LogP contribution in [0.3, 0.4) is 0 Å². The van der Waals surface area contributed by atoms with Gasteiger partial charge in [-0.25, -0.2) is 0 Å². The Morgan fingerprint density at radius 3 is 2.80 bits per heavy atom. The number of carbonyl (C=O) groups excluding carboxylic acids is 1. The van der Waals surface area contributed by atoms with Crippen LogP contribution in [-0.2, 0) is 16.0 Å². The number of halogens is 1. The largest absolute Gasteiger partial charge is 0.481 e. The predicted molar refractivity (Wildman–Crippen MR) is 77.2 cm³/mol. The molecule has 3 atom stereocenters. The van der Waals surface area contributed by atoms with Crippen molar-refractivity contribution in [1.82, 2.24) is 4.90 Å². The minimum Gasteiger partial charge on any atom is -0.481 e. The fourth-order valence-electron chi connectivity index (χ4n) is 3.56. The molecule has 0 spiro atoms. The number of carboxylic acids is 1. The topological polar surface area (TPSA) is 57.6 Å². The number of carbonyl (C=O) groups is 2. The van der Waals surface area contributed by atoms with Gasteiger partial charge in [-0.3, -0.25) is 9.59 Å². The van der Waals surface area contributed by atoms with Gasteiger partial charge in [-0.15, -0.1) is 0 Å². The van der Waals surface area contributed by atoms with Gasteiger partial charge in [0.25, 0.3) is 0 Å². The van der Waals surface area contributed by atoms with Crippen molar-refractivity contribution in [2.24, 2.45) is 5.92 Å². The minimum absolute atomic E-state index is 0.0550. The van der Waals surface area contributed by atoms with E-state index in [9.17, 15) is 14.7 Å². The highest BCUT2D eigenvalue weighted by molar-refractivity contribution is 9.10. The number of nitrogens with zero attached hydrogens (tertiary/aromatic N) is 1. The van der Waals surface area contributed by atoms with E-state index in [4.69, 9.17) is 0 Å². The van der Waals surface area contributed by atoms with Crippen LogP contribution in [-0.4, -0.2) is 34.0 Å². The second-order valence-corrected chi connectivity index (χ2v) is 6.50. The quantitative estimate of drug-likeness (QED) is 0.921. The minimum atomic E-state index is -0.766. The van der Waals surface area contributed by atoms with Gasteiger partial charge in [0.15, 0.2) is 0 Å². The Morgan fingerprint density at radius 2 is 2.15 bits per heavy atom. The van der Waals surface area contributed by atoms with Crippen molar-refractivity contribution in [3.63, 3.8) is 0 Å². The third-order valence-corrected chi connectivity index (χ3v) is 4.88. The van der Waals surface area contributed by atoms with Crippen LogP contribution >= 0.6 is 15.9 Å². The SMILES string of the molecule is O=C(O)C1CC2CCC1N2C(=O)Cc1cccc(Br)c1. The van der Waals surface area contributed by atoms with E-state index < -0.39 is 5.97 Å². The number of aliphatic carboxylic acids is 1. The lowest BCUT2D eigenvalue weighted by Gasteiger charge is -2.23. The maximum absolute atomic E-state index is 12.5. The van der Waals surface area contributed by atoms with E-state index in [0.29, 0.717) is 12.8 Å². The van der Waals surface area contributed by atoms with Crippen LogP contribution in [0.15, 0.2) is 28.7 Å². The molecule has 4 nitrogen and oxygen atoms in total. The Kier molecular flexibility index (Phi) is 3.54. The Hall–Kier alpha value is -1.36. The van der Waals surface area contributed by atoms with Crippen LogP contribution in [0.25, 0.3) is 0 Å². The van der Waals surface area contributed by atoms with Crippen LogP contribution in [0.4, 0.5) is 0 Å². The third-order valence-electron chi connectivity index (χ3n) is 4.39. The first-order valence-corrected chi connectivity index (χ1v) is 7.64. The molecule has 5 heteroatoms. The number of benzene rings is 1. The summed E-state index contributed by atoms with van der Waals surface area (Å²) >= 11 is 3.40. The van der Waals surface area contributed by atoms with Gasteiger partial charge in [0.05, 0.1) is 12.3 Å². The van der Waals surface area contributed by atoms with E-state index in [1.165, 1.54) is 0 Å². The smallest absolute Gasteiger partial charge is 0.308 e. The van der Waals surface area contributed by atoms with Crippen LogP contribution in [0, 0.1) is 5.92 Å². The normalized spacial score (nSPS) is 27.9. The summed E-state index contributed by atoms with van der Waals surface area (Å²) in [5.74, 6) is -1.09. The molecule has 3 unspecified atom stereocenters. The number of carboxylic acid groups (broad SMARTS) is 1. The second kappa shape index (κ2) is 5.20. The fraction of sp³-hybridized carbons (Fsp3) is 0.467. The standard InChI is InChI=1S/C15H16BrNO3/c16-10-3-1-2-9(6-10)7-14(18)17-11-4-5-13(17)12(8-11)15(19)20/h1-3,6,11-13H,4-5,7-8H2,(H,19,20). The second-order valence-electron chi connectivity index (χ2n) is 5.59. The molecule has 1 aromatic rings. The van der Waals surface area contributed by atoms with Crippen molar-refractivity contribution in [2.75, 3.05) is 0 Å². The zero-order chi connectivity index (χ0) is 14.3. The molecular formula is C15H16BrNO3. The maximum Gasteiger partial charge on any atom is 0.308 e. The number of amides is 1. The Morgan fingerprint density at radius 1 is 1.35 bits per heavy atom. The van der Waals surface area contributed by atoms with Crippen molar-refractivity contribution in [3.05, 3.63) is 34.3 Å². The van der Waals surface area contributed by atoms with E-state index in [1.807, 2.05) is 29.2 Å². The molecule has 106 valence electrons. The van der Waals surface area contributed by atoms with Gasteiger partial charge < -0.3 is 10.0 Å². The van der Waals surface area contributed by atoms with E-state index >= 15 is 0 Å². The van der Waals surface area contributed by atoms with Gasteiger partial charge in [-0.2, -0.15) is 0 Å². The molecule has 2 bridgehead atoms. The Bertz CT molecular complexity index is 560. The lowest BCUT2D eigenvalue weighted by atomic mass is 9.89. The van der Waals surface area contributed by atoms with E-state index in [1.54, 1.807) is 0 Å². The molecule has 0 radical (unpaired) electrons. The zero-order valence-electron chi connectivity index (χ0n) is 11.0. The number of hydrogen-bond acceptors (Lipinski definition) is 2. The Labute approximate surface area is 125 Å². The molecule has 0 saturated carbocycles. The van der Waals surface area contributed by atoms with Crippen LogP contribution < -0.4 is 0 Å². The molecule has 1 aromatic carbocycles. The Balaban J connectivity index is 1.74. The zero-order valence-corrected chi connectivity index (χ0v) is 12.5. The monoisotopic (exact) mass is 337 g/mol. The van der Waals surface area contributed by atoms with E-state index in [0.717, 1.165) is 22.9 Å². The first kappa shape index (κ1) is 13.6. The van der Waals surface area contributed by atoms with Crippen LogP contribution in [0.2, 0.25) is 0 Å². The number of fused-ring (bicyclic) bond motifs is 2. The van der Waals surface area contributed by atoms with Gasteiger partial charge in [-0.1, -0.05) is 28.1 Å². The van der Waals surface area contributed by atoms with Gasteiger partial charge in [0, 0.05) is 16.6 Å². The average molecular weight is 338 g/mol. The molecule has 3 rings (SSSR count). The molecular weight excluding hydrogens is 322 g/mol. The molecule has 0 aromatic heterocycles. The highest BCUT2D eigenvalue weighted by Crippen LogP contribution is 2.42. The summed E-state index contributed by atoms with van der Waals surface area (Å²) < 4.78 is 0.954. The summed E-state index contributed by atoms with van der Waals surface area (Å²) in [6, 6.07) is 7.72. The van der Waals surface area contributed by atoms with Crippen molar-refractivity contribution in [3.8, 4) is 0 Å². The van der Waals surface area contributed by atoms with Crippen molar-refractivity contribution in [1.29, 1.82) is 0 Å². The van der Waals surface area contributed by atoms with Crippen molar-refractivity contribution < 1.29 is 14.7 Å². The summed E-state index contributed by atoms with van der Waals surface area (Å²) in [5, 5.41) is 9.22. The predicted octanol–water partition coefficient (Wildman–Crippen LogP) is 2.46. The first-order valence-electron chi connectivity index (χ1n) is 6.84. The summed E-state index contributed by atoms with van der Waals surface area (Å²) in [6.45, 7) is 0. The highest BCUT2D eigenvalue weighted by Gasteiger charge is 2.50. The van der Waals surface area contributed by atoms with Gasteiger partial charge in [-0.05, 0) is 37.0 Å². The molecule has 2 heterocycles. The molecule has 2 fully saturated rings. The lowest BCUT2D eigenvalue weighted by molar-refractivity contribution is -0.143. The average Bonchev–Trinajstić information content (AvgIpc) is 2.96. The highest BCUT2D eigenvalue weighted by atomic mass is 79.9. The number of hydrogen-bond donors (Lipinski definition) is 1. The van der Waals surface area contributed by atoms with Gasteiger partial charge in [0.1, 0.15) is 0 Å². The summed E-state index contributed by atoms with van der Waals surface area (Å²) in [5.41, 5.74) is 0.961. The molecule has 2 aliphatic rings. The molecule has 2 saturated heterocycles. The van der Waals surface area contributed by atoms with Gasteiger partial charge >= 0.3 is 5.97 Å². The van der Waals surface area contributed by atoms with Gasteiger partial charge in [0.2, 0.25) is 5.91 Å². The van der Waals surface area contributed by atoms with E-state index in [-0.39, 0.29) is 23.9 Å². The van der Waals surface area contributed by atoms with E-state index in [2.05, 4.69) is 15.9 Å². The summed E-state index contributed by atoms with van der Waals surface area (Å²) in [6.07, 6.45) is 2.73.